The zero-order valence-corrected chi connectivity index (χ0v) is 16.0. The summed E-state index contributed by atoms with van der Waals surface area (Å²) in [6.07, 6.45) is 2.47. The van der Waals surface area contributed by atoms with E-state index < -0.39 is 11.9 Å². The second kappa shape index (κ2) is 9.24. The highest BCUT2D eigenvalue weighted by atomic mass is 32.2. The van der Waals surface area contributed by atoms with Crippen LogP contribution in [0.2, 0.25) is 0 Å². The highest BCUT2D eigenvalue weighted by molar-refractivity contribution is 7.99. The number of benzene rings is 1. The van der Waals surface area contributed by atoms with Crippen molar-refractivity contribution in [2.45, 2.75) is 31.8 Å². The van der Waals surface area contributed by atoms with E-state index in [4.69, 9.17) is 9.47 Å². The Balaban J connectivity index is 2.31. The highest BCUT2D eigenvalue weighted by Gasteiger charge is 2.20. The summed E-state index contributed by atoms with van der Waals surface area (Å²) in [5.41, 5.74) is 1.77. The SMILES string of the molecule is C=C(C)OC(=O)c1cnn(Cc2cccc(C(=O)OC)c2)c1SCCC. The van der Waals surface area contributed by atoms with Gasteiger partial charge in [0.1, 0.15) is 10.6 Å². The van der Waals surface area contributed by atoms with E-state index >= 15 is 0 Å². The number of nitrogens with zero attached hydrogens (tertiary/aromatic N) is 2. The maximum atomic E-state index is 12.3. The zero-order valence-electron chi connectivity index (χ0n) is 15.2. The molecule has 6 nitrogen and oxygen atoms in total. The van der Waals surface area contributed by atoms with Crippen molar-refractivity contribution in [3.8, 4) is 0 Å². The number of esters is 2. The number of hydrogen-bond acceptors (Lipinski definition) is 6. The smallest absolute Gasteiger partial charge is 0.347 e. The second-order valence-electron chi connectivity index (χ2n) is 5.65. The minimum Gasteiger partial charge on any atom is -0.465 e. The maximum absolute atomic E-state index is 12.3. The van der Waals surface area contributed by atoms with E-state index in [1.807, 2.05) is 6.07 Å². The van der Waals surface area contributed by atoms with E-state index in [0.717, 1.165) is 22.8 Å². The predicted octanol–water partition coefficient (Wildman–Crippen LogP) is 3.91. The van der Waals surface area contributed by atoms with Gasteiger partial charge in [0.05, 0.1) is 31.2 Å². The molecule has 0 atom stereocenters. The van der Waals surface area contributed by atoms with Crippen LogP contribution in [-0.2, 0) is 16.0 Å². The Hall–Kier alpha value is -2.54. The molecule has 138 valence electrons. The molecule has 0 amide bonds. The Labute approximate surface area is 157 Å². The standard InChI is InChI=1S/C19H22N2O4S/c1-5-9-26-17-16(19(23)25-13(2)3)11-20-21(17)12-14-7-6-8-15(10-14)18(22)24-4/h6-8,10-11H,2,5,9,12H2,1,3-4H3. The van der Waals surface area contributed by atoms with Crippen LogP contribution in [0.4, 0.5) is 0 Å². The summed E-state index contributed by atoms with van der Waals surface area (Å²) >= 11 is 1.55. The van der Waals surface area contributed by atoms with Crippen molar-refractivity contribution in [3.63, 3.8) is 0 Å². The molecule has 1 aromatic carbocycles. The molecule has 0 saturated carbocycles. The Bertz CT molecular complexity index is 814. The Morgan fingerprint density at radius 1 is 1.31 bits per heavy atom. The number of methoxy groups -OCH3 is 1. The molecule has 0 aliphatic carbocycles. The van der Waals surface area contributed by atoms with E-state index in [1.165, 1.54) is 13.3 Å². The van der Waals surface area contributed by atoms with Gasteiger partial charge in [-0.1, -0.05) is 25.6 Å². The van der Waals surface area contributed by atoms with Crippen LogP contribution in [-0.4, -0.2) is 34.6 Å². The molecule has 0 spiro atoms. The van der Waals surface area contributed by atoms with Crippen LogP contribution in [0.1, 0.15) is 46.5 Å². The first-order chi connectivity index (χ1) is 12.5. The first kappa shape index (κ1) is 19.8. The van der Waals surface area contributed by atoms with Crippen LogP contribution in [0.15, 0.2) is 47.8 Å². The average Bonchev–Trinajstić information content (AvgIpc) is 3.01. The van der Waals surface area contributed by atoms with Crippen molar-refractivity contribution in [2.24, 2.45) is 0 Å². The monoisotopic (exact) mass is 374 g/mol. The summed E-state index contributed by atoms with van der Waals surface area (Å²) < 4.78 is 11.6. The van der Waals surface area contributed by atoms with E-state index in [2.05, 4.69) is 18.6 Å². The lowest BCUT2D eigenvalue weighted by atomic mass is 10.1. The zero-order chi connectivity index (χ0) is 19.1. The highest BCUT2D eigenvalue weighted by Crippen LogP contribution is 2.25. The third-order valence-electron chi connectivity index (χ3n) is 3.40. The van der Waals surface area contributed by atoms with Gasteiger partial charge in [0.25, 0.3) is 0 Å². The van der Waals surface area contributed by atoms with Gasteiger partial charge < -0.3 is 9.47 Å². The summed E-state index contributed by atoms with van der Waals surface area (Å²) in [4.78, 5) is 24.0. The maximum Gasteiger partial charge on any atom is 0.347 e. The molecular weight excluding hydrogens is 352 g/mol. The van der Waals surface area contributed by atoms with E-state index in [1.54, 1.807) is 41.6 Å². The molecule has 1 heterocycles. The van der Waals surface area contributed by atoms with Gasteiger partial charge in [-0.3, -0.25) is 4.68 Å². The lowest BCUT2D eigenvalue weighted by Gasteiger charge is -2.10. The first-order valence-electron chi connectivity index (χ1n) is 8.19. The molecule has 0 bridgehead atoms. The number of carbonyl (C=O) groups excluding carboxylic acids is 2. The molecule has 0 radical (unpaired) electrons. The van der Waals surface area contributed by atoms with E-state index in [-0.39, 0.29) is 0 Å². The summed E-state index contributed by atoms with van der Waals surface area (Å²) in [7, 11) is 1.35. The van der Waals surface area contributed by atoms with Crippen LogP contribution in [0, 0.1) is 0 Å². The van der Waals surface area contributed by atoms with Crippen molar-refractivity contribution in [3.05, 3.63) is 59.5 Å². The molecule has 1 aromatic heterocycles. The Kier molecular flexibility index (Phi) is 7.03. The fourth-order valence-corrected chi connectivity index (χ4v) is 3.23. The van der Waals surface area contributed by atoms with Gasteiger partial charge in [0.15, 0.2) is 0 Å². The average molecular weight is 374 g/mol. The van der Waals surface area contributed by atoms with Crippen molar-refractivity contribution in [1.29, 1.82) is 0 Å². The van der Waals surface area contributed by atoms with Crippen LogP contribution in [0.3, 0.4) is 0 Å². The minimum absolute atomic E-state index is 0.333. The van der Waals surface area contributed by atoms with Crippen LogP contribution < -0.4 is 0 Å². The van der Waals surface area contributed by atoms with E-state index in [9.17, 15) is 9.59 Å². The normalized spacial score (nSPS) is 10.4. The Morgan fingerprint density at radius 2 is 2.08 bits per heavy atom. The molecule has 0 unspecified atom stereocenters. The lowest BCUT2D eigenvalue weighted by Crippen LogP contribution is -2.08. The van der Waals surface area contributed by atoms with Crippen molar-refractivity contribution >= 4 is 23.7 Å². The van der Waals surface area contributed by atoms with Crippen molar-refractivity contribution < 1.29 is 19.1 Å². The fourth-order valence-electron chi connectivity index (χ4n) is 2.28. The van der Waals surface area contributed by atoms with Crippen molar-refractivity contribution in [1.82, 2.24) is 9.78 Å². The van der Waals surface area contributed by atoms with Crippen LogP contribution in [0.5, 0.6) is 0 Å². The minimum atomic E-state index is -0.467. The largest absolute Gasteiger partial charge is 0.465 e. The number of rotatable bonds is 8. The quantitative estimate of drug-likeness (QED) is 0.396. The van der Waals surface area contributed by atoms with Crippen molar-refractivity contribution in [2.75, 3.05) is 12.9 Å². The number of ether oxygens (including phenoxy) is 2. The number of allylic oxidation sites excluding steroid dienone is 1. The Morgan fingerprint density at radius 3 is 2.73 bits per heavy atom. The molecule has 26 heavy (non-hydrogen) atoms. The van der Waals surface area contributed by atoms with Gasteiger partial charge in [0.2, 0.25) is 0 Å². The summed E-state index contributed by atoms with van der Waals surface area (Å²) in [6.45, 7) is 7.72. The topological polar surface area (TPSA) is 70.4 Å². The second-order valence-corrected chi connectivity index (χ2v) is 6.74. The van der Waals surface area contributed by atoms with Crippen LogP contribution in [0.25, 0.3) is 0 Å². The van der Waals surface area contributed by atoms with Gasteiger partial charge >= 0.3 is 11.9 Å². The third-order valence-corrected chi connectivity index (χ3v) is 4.72. The lowest BCUT2D eigenvalue weighted by molar-refractivity contribution is 0.0597. The first-order valence-corrected chi connectivity index (χ1v) is 9.18. The van der Waals surface area contributed by atoms with Crippen LogP contribution >= 0.6 is 11.8 Å². The predicted molar refractivity (Wildman–Crippen MR) is 100 cm³/mol. The summed E-state index contributed by atoms with van der Waals surface area (Å²) in [6, 6.07) is 7.14. The molecular formula is C19H22N2O4S. The third kappa shape index (κ3) is 4.98. The number of thioether (sulfide) groups is 1. The number of hydrogen-bond donors (Lipinski definition) is 0. The van der Waals surface area contributed by atoms with Gasteiger partial charge in [-0.2, -0.15) is 5.10 Å². The number of carbonyl (C=O) groups is 2. The van der Waals surface area contributed by atoms with Gasteiger partial charge in [-0.25, -0.2) is 9.59 Å². The molecule has 0 aliphatic heterocycles. The van der Waals surface area contributed by atoms with E-state index in [0.29, 0.717) is 23.4 Å². The molecule has 0 aliphatic rings. The summed E-state index contributed by atoms with van der Waals surface area (Å²) in [5, 5.41) is 5.07. The number of aromatic nitrogens is 2. The van der Waals surface area contributed by atoms with Gasteiger partial charge in [-0.15, -0.1) is 11.8 Å². The molecule has 7 heteroatoms. The van der Waals surface area contributed by atoms with Gasteiger partial charge in [0, 0.05) is 0 Å². The molecule has 0 saturated heterocycles. The molecule has 0 N–H and O–H groups in total. The fraction of sp³-hybridized carbons (Fsp3) is 0.316. The molecule has 2 rings (SSSR count). The van der Waals surface area contributed by atoms with Gasteiger partial charge in [-0.05, 0) is 36.8 Å². The summed E-state index contributed by atoms with van der Waals surface area (Å²) in [5.74, 6) is 0.325. The molecule has 0 fully saturated rings. The molecule has 2 aromatic rings.